The third kappa shape index (κ3) is 3.43. The van der Waals surface area contributed by atoms with Crippen LogP contribution in [0.3, 0.4) is 0 Å². The average molecular weight is 259 g/mol. The first-order valence-electron chi connectivity index (χ1n) is 6.52. The highest BCUT2D eigenvalue weighted by Gasteiger charge is 2.07. The zero-order valence-corrected chi connectivity index (χ0v) is 11.8. The molecular weight excluding hydrogens is 238 g/mol. The van der Waals surface area contributed by atoms with Crippen LogP contribution in [0.5, 0.6) is 0 Å². The van der Waals surface area contributed by atoms with Gasteiger partial charge in [-0.15, -0.1) is 0 Å². The molecule has 0 unspecified atom stereocenters. The number of ether oxygens (including phenoxy) is 1. The van der Waals surface area contributed by atoms with Crippen molar-refractivity contribution in [2.75, 3.05) is 20.3 Å². The van der Waals surface area contributed by atoms with Gasteiger partial charge in [0.15, 0.2) is 0 Å². The van der Waals surface area contributed by atoms with E-state index in [0.717, 1.165) is 25.4 Å². The number of methoxy groups -OCH3 is 1. The molecule has 2 rings (SSSR count). The van der Waals surface area contributed by atoms with Crippen LogP contribution in [-0.4, -0.2) is 30.0 Å². The maximum atomic E-state index is 5.01. The number of nitrogens with zero attached hydrogens (tertiary/aromatic N) is 2. The van der Waals surface area contributed by atoms with Crippen LogP contribution in [0.15, 0.2) is 30.5 Å². The third-order valence-electron chi connectivity index (χ3n) is 3.16. The highest BCUT2D eigenvalue weighted by molar-refractivity contribution is 5.37. The van der Waals surface area contributed by atoms with Crippen molar-refractivity contribution in [1.82, 2.24) is 15.1 Å². The Hall–Kier alpha value is -1.65. The first-order chi connectivity index (χ1) is 9.22. The van der Waals surface area contributed by atoms with Crippen LogP contribution < -0.4 is 5.32 Å². The van der Waals surface area contributed by atoms with Gasteiger partial charge in [-0.2, -0.15) is 5.10 Å². The van der Waals surface area contributed by atoms with E-state index in [0.29, 0.717) is 0 Å². The Morgan fingerprint density at radius 1 is 1.32 bits per heavy atom. The first-order valence-corrected chi connectivity index (χ1v) is 6.52. The van der Waals surface area contributed by atoms with Gasteiger partial charge in [0.2, 0.25) is 0 Å². The van der Waals surface area contributed by atoms with E-state index in [4.69, 9.17) is 4.74 Å². The van der Waals surface area contributed by atoms with Crippen molar-refractivity contribution in [3.05, 3.63) is 47.3 Å². The molecule has 0 saturated heterocycles. The Morgan fingerprint density at radius 2 is 2.16 bits per heavy atom. The number of benzene rings is 1. The lowest BCUT2D eigenvalue weighted by molar-refractivity contribution is 0.199. The fourth-order valence-electron chi connectivity index (χ4n) is 2.03. The second kappa shape index (κ2) is 6.50. The standard InChI is InChI=1S/C15H21N3O/c1-12-5-4-6-15(9-12)18-13(2)14(11-17-18)10-16-7-8-19-3/h4-6,9,11,16H,7-8,10H2,1-3H3. The largest absolute Gasteiger partial charge is 0.383 e. The minimum Gasteiger partial charge on any atom is -0.383 e. The summed E-state index contributed by atoms with van der Waals surface area (Å²) in [4.78, 5) is 0. The van der Waals surface area contributed by atoms with E-state index in [9.17, 15) is 0 Å². The van der Waals surface area contributed by atoms with Crippen molar-refractivity contribution >= 4 is 0 Å². The summed E-state index contributed by atoms with van der Waals surface area (Å²) in [6.07, 6.45) is 1.93. The molecule has 0 fully saturated rings. The minimum absolute atomic E-state index is 0.727. The van der Waals surface area contributed by atoms with E-state index in [2.05, 4.69) is 48.5 Å². The Labute approximate surface area is 114 Å². The van der Waals surface area contributed by atoms with Gasteiger partial charge in [-0.05, 0) is 31.5 Å². The third-order valence-corrected chi connectivity index (χ3v) is 3.16. The van der Waals surface area contributed by atoms with Crippen LogP contribution in [0.1, 0.15) is 16.8 Å². The van der Waals surface area contributed by atoms with Gasteiger partial charge in [0.1, 0.15) is 0 Å². The Balaban J connectivity index is 2.10. The quantitative estimate of drug-likeness (QED) is 0.809. The topological polar surface area (TPSA) is 39.1 Å². The number of hydrogen-bond acceptors (Lipinski definition) is 3. The van der Waals surface area contributed by atoms with Gasteiger partial charge in [0.05, 0.1) is 18.5 Å². The van der Waals surface area contributed by atoms with Crippen LogP contribution in [0.4, 0.5) is 0 Å². The molecule has 1 aromatic carbocycles. The highest BCUT2D eigenvalue weighted by atomic mass is 16.5. The summed E-state index contributed by atoms with van der Waals surface area (Å²) in [5.74, 6) is 0. The van der Waals surface area contributed by atoms with Crippen molar-refractivity contribution in [1.29, 1.82) is 0 Å². The molecule has 0 saturated carbocycles. The molecular formula is C15H21N3O. The predicted molar refractivity (Wildman–Crippen MR) is 76.6 cm³/mol. The first kappa shape index (κ1) is 13.8. The molecule has 102 valence electrons. The summed E-state index contributed by atoms with van der Waals surface area (Å²) in [5.41, 5.74) is 4.75. The molecule has 4 heteroatoms. The molecule has 0 aliphatic carbocycles. The van der Waals surface area contributed by atoms with Crippen molar-refractivity contribution in [3.8, 4) is 5.69 Å². The van der Waals surface area contributed by atoms with Crippen LogP contribution in [-0.2, 0) is 11.3 Å². The van der Waals surface area contributed by atoms with E-state index < -0.39 is 0 Å². The van der Waals surface area contributed by atoms with Gasteiger partial charge in [0.25, 0.3) is 0 Å². The van der Waals surface area contributed by atoms with E-state index in [-0.39, 0.29) is 0 Å². The monoisotopic (exact) mass is 259 g/mol. The lowest BCUT2D eigenvalue weighted by atomic mass is 10.2. The normalized spacial score (nSPS) is 10.9. The van der Waals surface area contributed by atoms with Crippen LogP contribution in [0.2, 0.25) is 0 Å². The molecule has 0 bridgehead atoms. The van der Waals surface area contributed by atoms with Crippen LogP contribution in [0, 0.1) is 13.8 Å². The van der Waals surface area contributed by atoms with Crippen molar-refractivity contribution < 1.29 is 4.74 Å². The van der Waals surface area contributed by atoms with E-state index in [1.54, 1.807) is 7.11 Å². The molecule has 1 aromatic heterocycles. The highest BCUT2D eigenvalue weighted by Crippen LogP contribution is 2.15. The van der Waals surface area contributed by atoms with Crippen molar-refractivity contribution in [2.24, 2.45) is 0 Å². The van der Waals surface area contributed by atoms with Gasteiger partial charge >= 0.3 is 0 Å². The van der Waals surface area contributed by atoms with Crippen LogP contribution >= 0.6 is 0 Å². The zero-order valence-electron chi connectivity index (χ0n) is 11.8. The lowest BCUT2D eigenvalue weighted by Crippen LogP contribution is -2.18. The molecule has 19 heavy (non-hydrogen) atoms. The molecule has 0 aliphatic rings. The average Bonchev–Trinajstić information content (AvgIpc) is 2.76. The molecule has 0 amide bonds. The Kier molecular flexibility index (Phi) is 4.71. The molecule has 1 heterocycles. The van der Waals surface area contributed by atoms with Gasteiger partial charge in [-0.1, -0.05) is 12.1 Å². The molecule has 1 N–H and O–H groups in total. The molecule has 0 aliphatic heterocycles. The van der Waals surface area contributed by atoms with Gasteiger partial charge in [-0.25, -0.2) is 4.68 Å². The predicted octanol–water partition coefficient (Wildman–Crippen LogP) is 2.23. The number of nitrogens with one attached hydrogen (secondary N) is 1. The fraction of sp³-hybridized carbons (Fsp3) is 0.400. The fourth-order valence-corrected chi connectivity index (χ4v) is 2.03. The maximum Gasteiger partial charge on any atom is 0.0651 e. The Morgan fingerprint density at radius 3 is 2.89 bits per heavy atom. The Bertz CT molecular complexity index is 534. The lowest BCUT2D eigenvalue weighted by Gasteiger charge is -2.07. The van der Waals surface area contributed by atoms with Crippen molar-refractivity contribution in [2.45, 2.75) is 20.4 Å². The van der Waals surface area contributed by atoms with Crippen LogP contribution in [0.25, 0.3) is 5.69 Å². The maximum absolute atomic E-state index is 5.01. The van der Waals surface area contributed by atoms with E-state index >= 15 is 0 Å². The second-order valence-corrected chi connectivity index (χ2v) is 4.68. The van der Waals surface area contributed by atoms with Gasteiger partial charge < -0.3 is 10.1 Å². The zero-order chi connectivity index (χ0) is 13.7. The van der Waals surface area contributed by atoms with Gasteiger partial charge in [0, 0.05) is 31.5 Å². The summed E-state index contributed by atoms with van der Waals surface area (Å²) >= 11 is 0. The molecule has 0 radical (unpaired) electrons. The molecule has 0 spiro atoms. The molecule has 2 aromatic rings. The smallest absolute Gasteiger partial charge is 0.0651 e. The summed E-state index contributed by atoms with van der Waals surface area (Å²) in [6.45, 7) is 6.59. The molecule has 0 atom stereocenters. The summed E-state index contributed by atoms with van der Waals surface area (Å²) < 4.78 is 7.00. The number of hydrogen-bond donors (Lipinski definition) is 1. The molecule has 4 nitrogen and oxygen atoms in total. The van der Waals surface area contributed by atoms with E-state index in [1.807, 2.05) is 10.9 Å². The number of aryl methyl sites for hydroxylation is 1. The summed E-state index contributed by atoms with van der Waals surface area (Å²) in [6, 6.07) is 8.37. The SMILES string of the molecule is COCCNCc1cnn(-c2cccc(C)c2)c1C. The van der Waals surface area contributed by atoms with Crippen molar-refractivity contribution in [3.63, 3.8) is 0 Å². The van der Waals surface area contributed by atoms with Gasteiger partial charge in [-0.3, -0.25) is 0 Å². The second-order valence-electron chi connectivity index (χ2n) is 4.68. The minimum atomic E-state index is 0.727. The summed E-state index contributed by atoms with van der Waals surface area (Å²) in [7, 11) is 1.71. The number of aromatic nitrogens is 2. The van der Waals surface area contributed by atoms with E-state index in [1.165, 1.54) is 16.8 Å². The summed E-state index contributed by atoms with van der Waals surface area (Å²) in [5, 5.41) is 7.81. The number of rotatable bonds is 6.